The summed E-state index contributed by atoms with van der Waals surface area (Å²) in [5, 5.41) is 11.7. The van der Waals surface area contributed by atoms with Crippen molar-refractivity contribution in [1.82, 2.24) is 10.2 Å². The number of carbonyl (C=O) groups excluding carboxylic acids is 1. The highest BCUT2D eigenvalue weighted by Crippen LogP contribution is 2.08. The van der Waals surface area contributed by atoms with E-state index >= 15 is 0 Å². The van der Waals surface area contributed by atoms with Gasteiger partial charge in [-0.3, -0.25) is 14.5 Å². The SMILES string of the molecule is CCCNC(=O)C(C)N(CC(=O)O)C(C)CC. The number of nitrogens with one attached hydrogen (secondary N) is 1. The Hall–Kier alpha value is -1.10. The molecule has 17 heavy (non-hydrogen) atoms. The molecular formula is C12H24N2O3. The first-order valence-corrected chi connectivity index (χ1v) is 6.19. The van der Waals surface area contributed by atoms with Crippen LogP contribution in [0.5, 0.6) is 0 Å². The van der Waals surface area contributed by atoms with E-state index < -0.39 is 12.0 Å². The molecule has 0 spiro atoms. The van der Waals surface area contributed by atoms with E-state index in [1.165, 1.54) is 0 Å². The number of nitrogens with zero attached hydrogens (tertiary/aromatic N) is 1. The van der Waals surface area contributed by atoms with Crippen molar-refractivity contribution < 1.29 is 14.7 Å². The average molecular weight is 244 g/mol. The summed E-state index contributed by atoms with van der Waals surface area (Å²) in [4.78, 5) is 24.3. The van der Waals surface area contributed by atoms with Crippen LogP contribution in [0, 0.1) is 0 Å². The number of rotatable bonds is 8. The van der Waals surface area contributed by atoms with Crippen molar-refractivity contribution in [2.24, 2.45) is 0 Å². The number of carboxylic acids is 1. The van der Waals surface area contributed by atoms with Gasteiger partial charge in [-0.1, -0.05) is 13.8 Å². The van der Waals surface area contributed by atoms with Crippen LogP contribution in [0.4, 0.5) is 0 Å². The van der Waals surface area contributed by atoms with Crippen molar-refractivity contribution in [3.05, 3.63) is 0 Å². The van der Waals surface area contributed by atoms with Gasteiger partial charge in [0.05, 0.1) is 12.6 Å². The van der Waals surface area contributed by atoms with Gasteiger partial charge in [-0.2, -0.15) is 0 Å². The minimum atomic E-state index is -0.902. The van der Waals surface area contributed by atoms with Crippen LogP contribution in [0.25, 0.3) is 0 Å². The molecule has 1 amide bonds. The summed E-state index contributed by atoms with van der Waals surface area (Å²) in [6.45, 7) is 8.18. The Labute approximate surface area is 103 Å². The van der Waals surface area contributed by atoms with Gasteiger partial charge in [0, 0.05) is 12.6 Å². The quantitative estimate of drug-likeness (QED) is 0.670. The molecule has 0 fully saturated rings. The van der Waals surface area contributed by atoms with Crippen LogP contribution in [0.3, 0.4) is 0 Å². The Kier molecular flexibility index (Phi) is 7.54. The fraction of sp³-hybridized carbons (Fsp3) is 0.833. The molecule has 0 saturated heterocycles. The van der Waals surface area contributed by atoms with Crippen molar-refractivity contribution in [1.29, 1.82) is 0 Å². The van der Waals surface area contributed by atoms with Gasteiger partial charge in [0.25, 0.3) is 0 Å². The molecular weight excluding hydrogens is 220 g/mol. The Morgan fingerprint density at radius 1 is 1.29 bits per heavy atom. The van der Waals surface area contributed by atoms with Gasteiger partial charge in [-0.15, -0.1) is 0 Å². The summed E-state index contributed by atoms with van der Waals surface area (Å²) in [6, 6.07) is -0.332. The molecule has 2 unspecified atom stereocenters. The highest BCUT2D eigenvalue weighted by molar-refractivity contribution is 5.82. The summed E-state index contributed by atoms with van der Waals surface area (Å²) < 4.78 is 0. The number of carbonyl (C=O) groups is 2. The third-order valence-corrected chi connectivity index (χ3v) is 2.90. The smallest absolute Gasteiger partial charge is 0.317 e. The Morgan fingerprint density at radius 2 is 1.88 bits per heavy atom. The summed E-state index contributed by atoms with van der Waals surface area (Å²) >= 11 is 0. The lowest BCUT2D eigenvalue weighted by Gasteiger charge is -2.31. The van der Waals surface area contributed by atoms with E-state index in [-0.39, 0.29) is 18.5 Å². The van der Waals surface area contributed by atoms with Crippen molar-refractivity contribution in [3.63, 3.8) is 0 Å². The van der Waals surface area contributed by atoms with Gasteiger partial charge in [-0.25, -0.2) is 0 Å². The molecule has 0 aliphatic carbocycles. The molecule has 5 heteroatoms. The molecule has 0 bridgehead atoms. The fourth-order valence-electron chi connectivity index (χ4n) is 1.61. The van der Waals surface area contributed by atoms with Crippen LogP contribution in [0.1, 0.15) is 40.5 Å². The average Bonchev–Trinajstić information content (AvgIpc) is 2.30. The second-order valence-electron chi connectivity index (χ2n) is 4.29. The number of aliphatic carboxylic acids is 1. The molecule has 2 N–H and O–H groups in total. The van der Waals surface area contributed by atoms with E-state index in [1.807, 2.05) is 20.8 Å². The van der Waals surface area contributed by atoms with Gasteiger partial charge >= 0.3 is 5.97 Å². The fourth-order valence-corrected chi connectivity index (χ4v) is 1.61. The molecule has 0 saturated carbocycles. The van der Waals surface area contributed by atoms with Crippen molar-refractivity contribution in [3.8, 4) is 0 Å². The Balaban J connectivity index is 4.55. The minimum absolute atomic E-state index is 0.0773. The first kappa shape index (κ1) is 15.9. The van der Waals surface area contributed by atoms with Gasteiger partial charge < -0.3 is 10.4 Å². The first-order valence-electron chi connectivity index (χ1n) is 6.19. The zero-order chi connectivity index (χ0) is 13.4. The van der Waals surface area contributed by atoms with Crippen LogP contribution in [-0.4, -0.2) is 47.1 Å². The van der Waals surface area contributed by atoms with Crippen LogP contribution >= 0.6 is 0 Å². The van der Waals surface area contributed by atoms with Crippen LogP contribution in [0.15, 0.2) is 0 Å². The molecule has 0 radical (unpaired) electrons. The predicted molar refractivity (Wildman–Crippen MR) is 66.9 cm³/mol. The monoisotopic (exact) mass is 244 g/mol. The van der Waals surface area contributed by atoms with E-state index in [2.05, 4.69) is 5.32 Å². The summed E-state index contributed by atoms with van der Waals surface area (Å²) in [6.07, 6.45) is 1.69. The van der Waals surface area contributed by atoms with Crippen LogP contribution in [-0.2, 0) is 9.59 Å². The second-order valence-corrected chi connectivity index (χ2v) is 4.29. The maximum atomic E-state index is 11.8. The molecule has 2 atom stereocenters. The standard InChI is InChI=1S/C12H24N2O3/c1-5-7-13-12(17)10(4)14(8-11(15)16)9(3)6-2/h9-10H,5-8H2,1-4H3,(H,13,17)(H,15,16). The van der Waals surface area contributed by atoms with Crippen LogP contribution in [0.2, 0.25) is 0 Å². The minimum Gasteiger partial charge on any atom is -0.480 e. The second kappa shape index (κ2) is 8.06. The van der Waals surface area contributed by atoms with Crippen molar-refractivity contribution in [2.45, 2.75) is 52.6 Å². The molecule has 0 rings (SSSR count). The van der Waals surface area contributed by atoms with Crippen molar-refractivity contribution in [2.75, 3.05) is 13.1 Å². The molecule has 100 valence electrons. The van der Waals surface area contributed by atoms with Crippen molar-refractivity contribution >= 4 is 11.9 Å². The lowest BCUT2D eigenvalue weighted by atomic mass is 10.1. The maximum Gasteiger partial charge on any atom is 0.317 e. The van der Waals surface area contributed by atoms with Gasteiger partial charge in [-0.05, 0) is 26.7 Å². The molecule has 5 nitrogen and oxygen atoms in total. The first-order chi connectivity index (χ1) is 7.93. The zero-order valence-electron chi connectivity index (χ0n) is 11.2. The molecule has 0 aromatic carbocycles. The van der Waals surface area contributed by atoms with E-state index in [4.69, 9.17) is 5.11 Å². The number of hydrogen-bond acceptors (Lipinski definition) is 3. The highest BCUT2D eigenvalue weighted by Gasteiger charge is 2.26. The molecule has 0 heterocycles. The van der Waals surface area contributed by atoms with Gasteiger partial charge in [0.2, 0.25) is 5.91 Å². The third-order valence-electron chi connectivity index (χ3n) is 2.90. The summed E-state index contributed by atoms with van der Waals surface area (Å²) in [5.74, 6) is -1.01. The summed E-state index contributed by atoms with van der Waals surface area (Å²) in [5.41, 5.74) is 0. The lowest BCUT2D eigenvalue weighted by Crippen LogP contribution is -2.50. The molecule has 0 aliphatic rings. The van der Waals surface area contributed by atoms with Gasteiger partial charge in [0.1, 0.15) is 0 Å². The summed E-state index contributed by atoms with van der Waals surface area (Å²) in [7, 11) is 0. The van der Waals surface area contributed by atoms with Crippen LogP contribution < -0.4 is 5.32 Å². The van der Waals surface area contributed by atoms with E-state index in [0.29, 0.717) is 6.54 Å². The highest BCUT2D eigenvalue weighted by atomic mass is 16.4. The van der Waals surface area contributed by atoms with Gasteiger partial charge in [0.15, 0.2) is 0 Å². The molecule has 0 aromatic heterocycles. The van der Waals surface area contributed by atoms with E-state index in [0.717, 1.165) is 12.8 Å². The number of hydrogen-bond donors (Lipinski definition) is 2. The molecule has 0 aliphatic heterocycles. The number of amides is 1. The Bertz CT molecular complexity index is 256. The zero-order valence-corrected chi connectivity index (χ0v) is 11.2. The number of carboxylic acid groups (broad SMARTS) is 1. The van der Waals surface area contributed by atoms with E-state index in [9.17, 15) is 9.59 Å². The van der Waals surface area contributed by atoms with E-state index in [1.54, 1.807) is 11.8 Å². The Morgan fingerprint density at radius 3 is 2.29 bits per heavy atom. The third kappa shape index (κ3) is 5.68. The topological polar surface area (TPSA) is 69.6 Å². The predicted octanol–water partition coefficient (Wildman–Crippen LogP) is 1.09. The normalized spacial score (nSPS) is 14.4. The largest absolute Gasteiger partial charge is 0.480 e. The lowest BCUT2D eigenvalue weighted by molar-refractivity contribution is -0.140. The molecule has 0 aromatic rings. The maximum absolute atomic E-state index is 11.8.